The Bertz CT molecular complexity index is 2770. The molecule has 14 heteroatoms. The van der Waals surface area contributed by atoms with Crippen LogP contribution in [0.3, 0.4) is 0 Å². The molecule has 12 nitrogen and oxygen atoms in total. The first-order chi connectivity index (χ1) is 36.6. The molecule has 2 aliphatic rings. The number of carbonyl (C=O) groups excluding carboxylic acids is 2. The molecule has 0 bridgehead atoms. The minimum absolute atomic E-state index is 0.0161. The van der Waals surface area contributed by atoms with E-state index in [1.165, 1.54) is 25.8 Å². The second-order valence-corrected chi connectivity index (χ2v) is 38.2. The van der Waals surface area contributed by atoms with Crippen LogP contribution in [-0.2, 0) is 44.6 Å². The van der Waals surface area contributed by atoms with Gasteiger partial charge < -0.3 is 23.8 Å². The molecule has 2 aromatic heterocycles. The van der Waals surface area contributed by atoms with Crippen molar-refractivity contribution in [2.45, 2.75) is 130 Å². The van der Waals surface area contributed by atoms with E-state index in [9.17, 15) is 9.59 Å². The maximum absolute atomic E-state index is 12.4. The molecule has 8 rings (SSSR count). The summed E-state index contributed by atoms with van der Waals surface area (Å²) in [5.41, 5.74) is 6.20. The fourth-order valence-corrected chi connectivity index (χ4v) is 12.0. The first kappa shape index (κ1) is 60.7. The predicted octanol–water partition coefficient (Wildman–Crippen LogP) is 13.2. The quantitative estimate of drug-likeness (QED) is 0.0769. The summed E-state index contributed by atoms with van der Waals surface area (Å²) in [6, 6.07) is 42.0. The minimum Gasteiger partial charge on any atom is -0.490 e. The van der Waals surface area contributed by atoms with Crippen molar-refractivity contribution in [1.29, 1.82) is 0 Å². The van der Waals surface area contributed by atoms with Gasteiger partial charge in [-0.1, -0.05) is 113 Å². The fourth-order valence-electron chi connectivity index (χ4n) is 8.60. The van der Waals surface area contributed by atoms with Crippen molar-refractivity contribution in [3.63, 3.8) is 0 Å². The van der Waals surface area contributed by atoms with Gasteiger partial charge in [0.05, 0.1) is 24.4 Å². The van der Waals surface area contributed by atoms with E-state index >= 15 is 0 Å². The fraction of sp³-hybridized carbons (Fsp3) is 0.429. The summed E-state index contributed by atoms with van der Waals surface area (Å²) >= 11 is 1.37. The second-order valence-electron chi connectivity index (χ2n) is 22.8. The number of amides is 2. The number of hydrogen-bond acceptors (Lipinski definition) is 10. The number of benzene rings is 4. The Labute approximate surface area is 471 Å². The second kappa shape index (κ2) is 28.9. The van der Waals surface area contributed by atoms with Gasteiger partial charge >= 0.3 is 149 Å². The molecule has 0 saturated carbocycles. The SMILES string of the molecule is CC(C)(C)OC(=O)N1CC[C@H]1COc1cnc[c]([Sn]([CH3])([CH3])[CH3])c1.CO[C@H](Cc1ccccc1)Cc1cccc(-c2cncc(OC[C@@H]3CCN3C(=O)OC(C)(C)C)c2)c1.CO[C@H](Cc1ccccc1)Cc1cccc(Br)c1. The van der Waals surface area contributed by atoms with Gasteiger partial charge in [-0.25, -0.2) is 4.79 Å². The summed E-state index contributed by atoms with van der Waals surface area (Å²) in [6.07, 6.45) is 12.5. The van der Waals surface area contributed by atoms with Crippen LogP contribution in [0.2, 0.25) is 14.8 Å². The Balaban J connectivity index is 0.000000201. The number of carbonyl (C=O) groups is 2. The number of pyridine rings is 2. The van der Waals surface area contributed by atoms with Crippen LogP contribution in [-0.4, -0.2) is 126 Å². The molecule has 6 aromatic rings. The van der Waals surface area contributed by atoms with Gasteiger partial charge in [-0.3, -0.25) is 4.98 Å². The van der Waals surface area contributed by atoms with E-state index in [-0.39, 0.29) is 36.5 Å². The van der Waals surface area contributed by atoms with Crippen molar-refractivity contribution in [2.24, 2.45) is 0 Å². The van der Waals surface area contributed by atoms with Gasteiger partial charge in [0, 0.05) is 37.0 Å². The maximum Gasteiger partial charge on any atom is 0.410 e. The summed E-state index contributed by atoms with van der Waals surface area (Å²) in [5.74, 6) is 1.48. The van der Waals surface area contributed by atoms with E-state index in [2.05, 4.69) is 138 Å². The number of aromatic nitrogens is 2. The van der Waals surface area contributed by atoms with Crippen LogP contribution in [0.25, 0.3) is 11.1 Å². The van der Waals surface area contributed by atoms with E-state index in [0.29, 0.717) is 25.5 Å². The Kier molecular flexibility index (Phi) is 22.8. The van der Waals surface area contributed by atoms with E-state index in [0.717, 1.165) is 66.4 Å². The van der Waals surface area contributed by atoms with E-state index < -0.39 is 29.6 Å². The van der Waals surface area contributed by atoms with Crippen molar-refractivity contribution in [3.8, 4) is 22.6 Å². The molecule has 2 aliphatic heterocycles. The maximum atomic E-state index is 12.4. The van der Waals surface area contributed by atoms with Crippen LogP contribution in [0.5, 0.6) is 11.5 Å². The molecule has 0 unspecified atom stereocenters. The Morgan fingerprint density at radius 1 is 0.558 bits per heavy atom. The summed E-state index contributed by atoms with van der Waals surface area (Å²) in [5, 5.41) is 0. The minimum atomic E-state index is -2.13. The molecular formula is C63H81BrN4O8Sn. The first-order valence-corrected chi connectivity index (χ1v) is 37.6. The molecule has 412 valence electrons. The van der Waals surface area contributed by atoms with E-state index in [1.54, 1.807) is 36.4 Å². The zero-order chi connectivity index (χ0) is 55.6. The van der Waals surface area contributed by atoms with Crippen LogP contribution >= 0.6 is 15.9 Å². The molecule has 2 amide bonds. The third-order valence-electron chi connectivity index (χ3n) is 13.1. The van der Waals surface area contributed by atoms with E-state index in [4.69, 9.17) is 28.4 Å². The molecule has 4 aromatic carbocycles. The zero-order valence-corrected chi connectivity index (χ0v) is 51.6. The molecule has 2 fully saturated rings. The van der Waals surface area contributed by atoms with Gasteiger partial charge in [0.1, 0.15) is 18.0 Å². The summed E-state index contributed by atoms with van der Waals surface area (Å²) in [6.45, 7) is 13.6. The molecule has 0 aliphatic carbocycles. The van der Waals surface area contributed by atoms with Gasteiger partial charge in [0.15, 0.2) is 0 Å². The number of rotatable bonds is 18. The van der Waals surface area contributed by atoms with Gasteiger partial charge in [-0.2, -0.15) is 0 Å². The summed E-state index contributed by atoms with van der Waals surface area (Å²) in [4.78, 5) is 43.7. The number of likely N-dealkylation sites (tertiary alicyclic amines) is 2. The number of methoxy groups -OCH3 is 2. The van der Waals surface area contributed by atoms with Crippen LogP contribution in [0.4, 0.5) is 9.59 Å². The zero-order valence-electron chi connectivity index (χ0n) is 47.2. The smallest absolute Gasteiger partial charge is 0.410 e. The third kappa shape index (κ3) is 20.7. The molecule has 2 saturated heterocycles. The number of nitrogens with zero attached hydrogens (tertiary/aromatic N) is 4. The van der Waals surface area contributed by atoms with E-state index in [1.807, 2.05) is 78.2 Å². The van der Waals surface area contributed by atoms with Crippen LogP contribution < -0.4 is 13.1 Å². The van der Waals surface area contributed by atoms with Crippen molar-refractivity contribution < 1.29 is 38.0 Å². The molecule has 0 spiro atoms. The Morgan fingerprint density at radius 2 is 1.00 bits per heavy atom. The standard InChI is InChI=1S/C30H36N2O4.C16H17BrO.C14H19N2O3.3CH3.Sn/c1-30(2,3)36-29(33)32-14-13-26(32)21-35-28-18-25(19-31-20-28)24-12-8-11-23(15-24)17-27(34-4)16-22-9-6-5-7-10-22;1-18-16(11-13-6-3-2-4-7-13)12-14-8-5-9-15(17)10-14;1-14(2,3)19-13(17)16-8-6-11(16)10-18-12-5-4-7-15-9-12;;;;/h5-12,15,18-20,26-27H,13-14,16-17,21H2,1-4H3;2-10,16H,11-12H2,1H3;5,7,9,11H,6,8,10H2,1-3H3;3*1H3;/t26-,27+;16-;11-;;;;/m010..../s1. The molecule has 77 heavy (non-hydrogen) atoms. The monoisotopic (exact) mass is 1220 g/mol. The average molecular weight is 1220 g/mol. The molecule has 4 atom stereocenters. The van der Waals surface area contributed by atoms with Gasteiger partial charge in [-0.15, -0.1) is 0 Å². The topological polar surface area (TPSA) is 122 Å². The van der Waals surface area contributed by atoms with Crippen LogP contribution in [0.15, 0.2) is 151 Å². The predicted molar refractivity (Wildman–Crippen MR) is 314 cm³/mol. The first-order valence-electron chi connectivity index (χ1n) is 26.8. The number of hydrogen-bond donors (Lipinski definition) is 0. The molecule has 0 N–H and O–H groups in total. The average Bonchev–Trinajstić information content (AvgIpc) is 3.35. The summed E-state index contributed by atoms with van der Waals surface area (Å²) in [7, 11) is 3.56. The Hall–Kier alpha value is -5.48. The normalized spacial score (nSPS) is 15.9. The van der Waals surface area contributed by atoms with Crippen molar-refractivity contribution in [3.05, 3.63) is 173 Å². The van der Waals surface area contributed by atoms with Gasteiger partial charge in [0.2, 0.25) is 0 Å². The number of ether oxygens (including phenoxy) is 6. The third-order valence-corrected chi connectivity index (χ3v) is 19.3. The summed E-state index contributed by atoms with van der Waals surface area (Å²) < 4.78 is 36.6. The van der Waals surface area contributed by atoms with Gasteiger partial charge in [0.25, 0.3) is 0 Å². The van der Waals surface area contributed by atoms with Crippen molar-refractivity contribution in [1.82, 2.24) is 19.8 Å². The molecule has 4 heterocycles. The van der Waals surface area contributed by atoms with Gasteiger partial charge in [-0.05, 0) is 98.9 Å². The Morgan fingerprint density at radius 3 is 1.44 bits per heavy atom. The largest absolute Gasteiger partial charge is 0.490 e. The molecule has 0 radical (unpaired) electrons. The van der Waals surface area contributed by atoms with Crippen molar-refractivity contribution in [2.75, 3.05) is 40.5 Å². The van der Waals surface area contributed by atoms with Crippen LogP contribution in [0, 0.1) is 0 Å². The van der Waals surface area contributed by atoms with Crippen LogP contribution in [0.1, 0.15) is 76.6 Å². The number of halogens is 1. The van der Waals surface area contributed by atoms with Crippen molar-refractivity contribution >= 4 is 50.1 Å². The molecular weight excluding hydrogens is 1140 g/mol.